The van der Waals surface area contributed by atoms with Crippen LogP contribution >= 0.6 is 23.4 Å². The third kappa shape index (κ3) is 5.67. The Kier molecular flexibility index (Phi) is 7.99. The van der Waals surface area contributed by atoms with Gasteiger partial charge in [-0.25, -0.2) is 4.98 Å². The summed E-state index contributed by atoms with van der Waals surface area (Å²) in [5.74, 6) is -0.0227. The van der Waals surface area contributed by atoms with E-state index in [2.05, 4.69) is 15.5 Å². The van der Waals surface area contributed by atoms with Crippen molar-refractivity contribution in [3.63, 3.8) is 0 Å². The molecule has 8 nitrogen and oxygen atoms in total. The molecule has 0 aliphatic rings. The van der Waals surface area contributed by atoms with Gasteiger partial charge < -0.3 is 9.26 Å². The fourth-order valence-electron chi connectivity index (χ4n) is 3.38. The molecule has 0 radical (unpaired) electrons. The molecule has 2 aromatic heterocycles. The van der Waals surface area contributed by atoms with Gasteiger partial charge >= 0.3 is 0 Å². The molecule has 0 fully saturated rings. The Morgan fingerprint density at radius 1 is 1.21 bits per heavy atom. The number of carbonyl (C=O) groups is 1. The minimum absolute atomic E-state index is 0.0387. The first kappa shape index (κ1) is 24.0. The van der Waals surface area contributed by atoms with Crippen LogP contribution in [0.3, 0.4) is 0 Å². The zero-order valence-electron chi connectivity index (χ0n) is 18.5. The standard InChI is InChI=1S/C24H23ClN4O4S/c1-2-32-13-5-12-29-23(31)18-6-3-4-7-20(18)27-24(29)34-15-21(30)28-22-19(14-26-33-22)16-8-10-17(25)11-9-16/h3-4,6-11,14H,2,5,12-13,15H2,1H3,(H,28,30). The van der Waals surface area contributed by atoms with E-state index < -0.39 is 0 Å². The Hall–Kier alpha value is -3.14. The fourth-order valence-corrected chi connectivity index (χ4v) is 4.33. The first-order valence-electron chi connectivity index (χ1n) is 10.8. The molecule has 176 valence electrons. The maximum atomic E-state index is 13.1. The fraction of sp³-hybridized carbons (Fsp3) is 0.250. The van der Waals surface area contributed by atoms with Crippen LogP contribution in [0.5, 0.6) is 0 Å². The molecule has 0 aliphatic heterocycles. The minimum atomic E-state index is -0.305. The summed E-state index contributed by atoms with van der Waals surface area (Å²) in [7, 11) is 0. The number of aromatic nitrogens is 3. The number of carbonyl (C=O) groups excluding carboxylic acids is 1. The van der Waals surface area contributed by atoms with Gasteiger partial charge in [-0.1, -0.05) is 52.8 Å². The molecule has 2 heterocycles. The van der Waals surface area contributed by atoms with Crippen molar-refractivity contribution in [2.45, 2.75) is 25.0 Å². The first-order chi connectivity index (χ1) is 16.6. The van der Waals surface area contributed by atoms with Crippen LogP contribution in [0.25, 0.3) is 22.0 Å². The van der Waals surface area contributed by atoms with Gasteiger partial charge in [0.05, 0.1) is 28.4 Å². The van der Waals surface area contributed by atoms with Crippen molar-refractivity contribution in [2.24, 2.45) is 0 Å². The number of rotatable bonds is 10. The number of thioether (sulfide) groups is 1. The van der Waals surface area contributed by atoms with E-state index in [1.54, 1.807) is 28.8 Å². The molecule has 0 saturated heterocycles. The number of benzene rings is 2. The summed E-state index contributed by atoms with van der Waals surface area (Å²) < 4.78 is 12.2. The highest BCUT2D eigenvalue weighted by molar-refractivity contribution is 7.99. The summed E-state index contributed by atoms with van der Waals surface area (Å²) in [5, 5.41) is 8.18. The highest BCUT2D eigenvalue weighted by Crippen LogP contribution is 2.29. The Morgan fingerprint density at radius 2 is 2.00 bits per heavy atom. The molecule has 2 aromatic carbocycles. The lowest BCUT2D eigenvalue weighted by molar-refractivity contribution is -0.113. The van der Waals surface area contributed by atoms with Crippen LogP contribution in [0.15, 0.2) is 69.2 Å². The Morgan fingerprint density at radius 3 is 2.79 bits per heavy atom. The van der Waals surface area contributed by atoms with Crippen LogP contribution in [0.4, 0.5) is 5.88 Å². The summed E-state index contributed by atoms with van der Waals surface area (Å²) in [6.45, 7) is 3.53. The van der Waals surface area contributed by atoms with E-state index in [9.17, 15) is 9.59 Å². The number of hydrogen-bond acceptors (Lipinski definition) is 7. The van der Waals surface area contributed by atoms with E-state index in [0.29, 0.717) is 52.8 Å². The third-order valence-electron chi connectivity index (χ3n) is 5.01. The average molecular weight is 499 g/mol. The van der Waals surface area contributed by atoms with E-state index >= 15 is 0 Å². The molecule has 4 aromatic rings. The van der Waals surface area contributed by atoms with Crippen molar-refractivity contribution in [1.82, 2.24) is 14.7 Å². The molecular weight excluding hydrogens is 476 g/mol. The van der Waals surface area contributed by atoms with Crippen LogP contribution in [-0.2, 0) is 16.1 Å². The maximum absolute atomic E-state index is 13.1. The van der Waals surface area contributed by atoms with Crippen LogP contribution < -0.4 is 10.9 Å². The highest BCUT2D eigenvalue weighted by atomic mass is 35.5. The van der Waals surface area contributed by atoms with Gasteiger partial charge in [-0.2, -0.15) is 0 Å². The van der Waals surface area contributed by atoms with Crippen LogP contribution in [0.1, 0.15) is 13.3 Å². The molecule has 1 amide bonds. The first-order valence-corrected chi connectivity index (χ1v) is 12.1. The number of hydrogen-bond donors (Lipinski definition) is 1. The molecule has 0 spiro atoms. The second-order valence-electron chi connectivity index (χ2n) is 7.33. The molecule has 10 heteroatoms. The minimum Gasteiger partial charge on any atom is -0.382 e. The molecular formula is C24H23ClN4O4S. The van der Waals surface area contributed by atoms with E-state index in [0.717, 1.165) is 5.56 Å². The molecule has 0 atom stereocenters. The average Bonchev–Trinajstić information content (AvgIpc) is 3.30. The summed E-state index contributed by atoms with van der Waals surface area (Å²) in [6, 6.07) is 14.3. The van der Waals surface area contributed by atoms with Gasteiger partial charge in [-0.15, -0.1) is 0 Å². The summed E-state index contributed by atoms with van der Waals surface area (Å²) in [4.78, 5) is 30.4. The van der Waals surface area contributed by atoms with Crippen molar-refractivity contribution < 1.29 is 14.1 Å². The van der Waals surface area contributed by atoms with Gasteiger partial charge in [0.2, 0.25) is 11.8 Å². The van der Waals surface area contributed by atoms with Gasteiger partial charge in [0.25, 0.3) is 5.56 Å². The Bertz CT molecular complexity index is 1340. The van der Waals surface area contributed by atoms with Gasteiger partial charge in [-0.05, 0) is 43.2 Å². The number of fused-ring (bicyclic) bond motifs is 1. The van der Waals surface area contributed by atoms with E-state index in [-0.39, 0.29) is 23.1 Å². The number of ether oxygens (including phenoxy) is 1. The molecule has 0 unspecified atom stereocenters. The van der Waals surface area contributed by atoms with Gasteiger partial charge in [-0.3, -0.25) is 19.5 Å². The number of nitrogens with one attached hydrogen (secondary N) is 1. The quantitative estimate of drug-likeness (QED) is 0.189. The number of nitrogens with zero attached hydrogens (tertiary/aromatic N) is 3. The number of halogens is 1. The van der Waals surface area contributed by atoms with Crippen LogP contribution in [0, 0.1) is 0 Å². The van der Waals surface area contributed by atoms with Gasteiger partial charge in [0, 0.05) is 24.8 Å². The van der Waals surface area contributed by atoms with Crippen molar-refractivity contribution in [3.05, 3.63) is 70.1 Å². The molecule has 34 heavy (non-hydrogen) atoms. The largest absolute Gasteiger partial charge is 0.382 e. The summed E-state index contributed by atoms with van der Waals surface area (Å²) in [5.41, 5.74) is 1.92. The van der Waals surface area contributed by atoms with Crippen molar-refractivity contribution in [3.8, 4) is 11.1 Å². The summed E-state index contributed by atoms with van der Waals surface area (Å²) >= 11 is 7.15. The second kappa shape index (κ2) is 11.3. The summed E-state index contributed by atoms with van der Waals surface area (Å²) in [6.07, 6.45) is 2.20. The van der Waals surface area contributed by atoms with Crippen LogP contribution in [-0.4, -0.2) is 39.6 Å². The van der Waals surface area contributed by atoms with E-state index in [4.69, 9.17) is 20.9 Å². The topological polar surface area (TPSA) is 99.2 Å². The molecule has 0 bridgehead atoms. The van der Waals surface area contributed by atoms with Crippen LogP contribution in [0.2, 0.25) is 5.02 Å². The maximum Gasteiger partial charge on any atom is 0.262 e. The van der Waals surface area contributed by atoms with Crippen molar-refractivity contribution >= 4 is 46.1 Å². The zero-order valence-corrected chi connectivity index (χ0v) is 20.1. The SMILES string of the molecule is CCOCCCn1c(SCC(=O)Nc2oncc2-c2ccc(Cl)cc2)nc2ccccc2c1=O. The monoisotopic (exact) mass is 498 g/mol. The lowest BCUT2D eigenvalue weighted by atomic mass is 10.1. The third-order valence-corrected chi connectivity index (χ3v) is 6.24. The lowest BCUT2D eigenvalue weighted by Crippen LogP contribution is -2.25. The van der Waals surface area contributed by atoms with Gasteiger partial charge in [0.15, 0.2) is 5.16 Å². The number of anilines is 1. The number of amides is 1. The van der Waals surface area contributed by atoms with Gasteiger partial charge in [0.1, 0.15) is 0 Å². The molecule has 0 saturated carbocycles. The van der Waals surface area contributed by atoms with E-state index in [1.807, 2.05) is 31.2 Å². The molecule has 0 aliphatic carbocycles. The van der Waals surface area contributed by atoms with Crippen molar-refractivity contribution in [2.75, 3.05) is 24.3 Å². The Labute approximate surface area is 205 Å². The Balaban J connectivity index is 1.50. The molecule has 1 N–H and O–H groups in total. The predicted octanol–water partition coefficient (Wildman–Crippen LogP) is 4.86. The zero-order chi connectivity index (χ0) is 23.9. The number of para-hydroxylation sites is 1. The second-order valence-corrected chi connectivity index (χ2v) is 8.71. The normalized spacial score (nSPS) is 11.1. The van der Waals surface area contributed by atoms with E-state index in [1.165, 1.54) is 18.0 Å². The molecule has 4 rings (SSSR count). The van der Waals surface area contributed by atoms with Crippen molar-refractivity contribution in [1.29, 1.82) is 0 Å². The lowest BCUT2D eigenvalue weighted by Gasteiger charge is -2.13. The highest BCUT2D eigenvalue weighted by Gasteiger charge is 2.16. The smallest absolute Gasteiger partial charge is 0.262 e. The predicted molar refractivity (Wildman–Crippen MR) is 133 cm³/mol.